The maximum absolute atomic E-state index is 12.6. The van der Waals surface area contributed by atoms with Gasteiger partial charge in [0.15, 0.2) is 0 Å². The second kappa shape index (κ2) is 5.15. The van der Waals surface area contributed by atoms with Crippen molar-refractivity contribution in [1.82, 2.24) is 10.2 Å². The number of hydrogen-bond acceptors (Lipinski definition) is 2. The molecule has 1 heterocycles. The number of hydrogen-bond donors (Lipinski definition) is 1. The third kappa shape index (κ3) is 3.49. The Bertz CT molecular complexity index is 393. The third-order valence-corrected chi connectivity index (χ3v) is 3.93. The zero-order chi connectivity index (χ0) is 14.2. The van der Waals surface area contributed by atoms with Crippen LogP contribution in [-0.2, 0) is 4.79 Å². The van der Waals surface area contributed by atoms with E-state index < -0.39 is 18.6 Å². The van der Waals surface area contributed by atoms with Crippen molar-refractivity contribution >= 4 is 5.91 Å². The average molecular weight is 276 g/mol. The van der Waals surface area contributed by atoms with Crippen LogP contribution in [0.4, 0.5) is 13.2 Å². The largest absolute Gasteiger partial charge is 0.406 e. The minimum atomic E-state index is -4.35. The number of nitrogens with zero attached hydrogens (tertiary/aromatic N) is 1. The zero-order valence-corrected chi connectivity index (χ0v) is 11.2. The Morgan fingerprint density at radius 3 is 2.37 bits per heavy atom. The predicted octanol–water partition coefficient (Wildman–Crippen LogP) is 2.10. The Hall–Kier alpha value is -1.04. The lowest BCUT2D eigenvalue weighted by atomic mass is 10.0. The molecule has 6 heteroatoms. The molecular formula is C13H19F3N2O. The molecule has 1 N–H and O–H groups in total. The highest BCUT2D eigenvalue weighted by Crippen LogP contribution is 2.36. The normalized spacial score (nSPS) is 20.8. The van der Waals surface area contributed by atoms with Gasteiger partial charge in [0.25, 0.3) is 0 Å². The second-order valence-electron chi connectivity index (χ2n) is 5.46. The molecule has 1 atom stereocenters. The van der Waals surface area contributed by atoms with Gasteiger partial charge in [0.05, 0.1) is 0 Å². The van der Waals surface area contributed by atoms with Crippen molar-refractivity contribution in [2.24, 2.45) is 5.92 Å². The maximum atomic E-state index is 12.6. The standard InChI is InChI=1S/C13H19F3N2O/c1-8(11-5-17-6-11)12(19)18(7-13(14,15)16)9(2)10-3-4-10/h9-10,17H,3-7H2,1-2H3. The quantitative estimate of drug-likeness (QED) is 0.797. The highest BCUT2D eigenvalue weighted by molar-refractivity contribution is 5.94. The number of alkyl halides is 3. The van der Waals surface area contributed by atoms with Crippen molar-refractivity contribution in [3.63, 3.8) is 0 Å². The van der Waals surface area contributed by atoms with Crippen LogP contribution in [0.2, 0.25) is 0 Å². The van der Waals surface area contributed by atoms with Crippen molar-refractivity contribution < 1.29 is 18.0 Å². The molecule has 0 bridgehead atoms. The molecule has 1 saturated carbocycles. The van der Waals surface area contributed by atoms with E-state index in [1.165, 1.54) is 0 Å². The first-order valence-corrected chi connectivity index (χ1v) is 6.56. The van der Waals surface area contributed by atoms with Crippen molar-refractivity contribution in [2.45, 2.75) is 38.9 Å². The summed E-state index contributed by atoms with van der Waals surface area (Å²) in [7, 11) is 0. The van der Waals surface area contributed by atoms with E-state index in [2.05, 4.69) is 5.32 Å². The van der Waals surface area contributed by atoms with Gasteiger partial charge in [0.2, 0.25) is 5.91 Å². The van der Waals surface area contributed by atoms with E-state index in [0.29, 0.717) is 18.7 Å². The molecule has 0 aromatic rings. The van der Waals surface area contributed by atoms with E-state index in [1.807, 2.05) is 0 Å². The first-order chi connectivity index (χ1) is 8.79. The molecule has 1 amide bonds. The van der Waals surface area contributed by atoms with Gasteiger partial charge in [-0.25, -0.2) is 0 Å². The number of carbonyl (C=O) groups is 1. The van der Waals surface area contributed by atoms with E-state index in [1.54, 1.807) is 13.8 Å². The van der Waals surface area contributed by atoms with Gasteiger partial charge in [-0.3, -0.25) is 4.79 Å². The lowest BCUT2D eigenvalue weighted by Crippen LogP contribution is -2.47. The lowest BCUT2D eigenvalue weighted by Gasteiger charge is -2.32. The maximum Gasteiger partial charge on any atom is 0.406 e. The molecule has 0 aromatic heterocycles. The lowest BCUT2D eigenvalue weighted by molar-refractivity contribution is -0.163. The first kappa shape index (κ1) is 14.4. The molecule has 0 radical (unpaired) electrons. The van der Waals surface area contributed by atoms with E-state index >= 15 is 0 Å². The van der Waals surface area contributed by atoms with Crippen LogP contribution in [0.25, 0.3) is 0 Å². The molecule has 3 nitrogen and oxygen atoms in total. The van der Waals surface area contributed by atoms with Gasteiger partial charge in [-0.05, 0) is 38.2 Å². The van der Waals surface area contributed by atoms with Crippen LogP contribution < -0.4 is 5.32 Å². The Morgan fingerprint density at radius 2 is 2.00 bits per heavy atom. The molecule has 1 aliphatic carbocycles. The predicted molar refractivity (Wildman–Crippen MR) is 65.5 cm³/mol. The van der Waals surface area contributed by atoms with E-state index in [4.69, 9.17) is 0 Å². The van der Waals surface area contributed by atoms with Crippen LogP contribution >= 0.6 is 0 Å². The van der Waals surface area contributed by atoms with Crippen LogP contribution in [0.3, 0.4) is 0 Å². The number of carbonyl (C=O) groups excluding carboxylic acids is 1. The van der Waals surface area contributed by atoms with Gasteiger partial charge in [-0.15, -0.1) is 0 Å². The SMILES string of the molecule is CC(C(=O)N(CC(F)(F)F)C(C)C1CC1)=C1CNC1. The number of amides is 1. The van der Waals surface area contributed by atoms with Gasteiger partial charge in [0.1, 0.15) is 6.54 Å². The van der Waals surface area contributed by atoms with Crippen LogP contribution in [0.1, 0.15) is 26.7 Å². The number of rotatable bonds is 4. The molecule has 2 fully saturated rings. The fourth-order valence-corrected chi connectivity index (χ4v) is 2.31. The molecule has 1 unspecified atom stereocenters. The summed E-state index contributed by atoms with van der Waals surface area (Å²) in [4.78, 5) is 13.3. The monoisotopic (exact) mass is 276 g/mol. The van der Waals surface area contributed by atoms with Crippen molar-refractivity contribution in [1.29, 1.82) is 0 Å². The van der Waals surface area contributed by atoms with E-state index in [-0.39, 0.29) is 12.0 Å². The van der Waals surface area contributed by atoms with Gasteiger partial charge in [0, 0.05) is 24.7 Å². The Kier molecular flexibility index (Phi) is 3.90. The molecule has 0 spiro atoms. The van der Waals surface area contributed by atoms with Gasteiger partial charge >= 0.3 is 6.18 Å². The van der Waals surface area contributed by atoms with Crippen LogP contribution in [0.15, 0.2) is 11.1 Å². The summed E-state index contributed by atoms with van der Waals surface area (Å²) in [6, 6.07) is -0.335. The summed E-state index contributed by atoms with van der Waals surface area (Å²) in [5.74, 6) is -0.239. The Morgan fingerprint density at radius 1 is 1.42 bits per heavy atom. The van der Waals surface area contributed by atoms with Gasteiger partial charge in [-0.1, -0.05) is 0 Å². The van der Waals surface area contributed by atoms with E-state index in [0.717, 1.165) is 23.3 Å². The zero-order valence-electron chi connectivity index (χ0n) is 11.2. The summed E-state index contributed by atoms with van der Waals surface area (Å²) in [6.45, 7) is 3.41. The van der Waals surface area contributed by atoms with Crippen LogP contribution in [-0.4, -0.2) is 42.7 Å². The van der Waals surface area contributed by atoms with Gasteiger partial charge in [-0.2, -0.15) is 13.2 Å². The number of nitrogens with one attached hydrogen (secondary N) is 1. The fraction of sp³-hybridized carbons (Fsp3) is 0.769. The molecule has 19 heavy (non-hydrogen) atoms. The molecule has 1 aliphatic heterocycles. The summed E-state index contributed by atoms with van der Waals surface area (Å²) in [6.07, 6.45) is -2.51. The summed E-state index contributed by atoms with van der Waals surface area (Å²) in [5.41, 5.74) is 1.38. The summed E-state index contributed by atoms with van der Waals surface area (Å²) >= 11 is 0. The molecule has 0 aromatic carbocycles. The summed E-state index contributed by atoms with van der Waals surface area (Å²) < 4.78 is 37.9. The van der Waals surface area contributed by atoms with Crippen molar-refractivity contribution in [3.8, 4) is 0 Å². The topological polar surface area (TPSA) is 32.3 Å². The number of halogens is 3. The smallest absolute Gasteiger partial charge is 0.327 e. The second-order valence-corrected chi connectivity index (χ2v) is 5.46. The highest BCUT2D eigenvalue weighted by Gasteiger charge is 2.41. The molecule has 2 rings (SSSR count). The van der Waals surface area contributed by atoms with Gasteiger partial charge < -0.3 is 10.2 Å². The molecule has 108 valence electrons. The first-order valence-electron chi connectivity index (χ1n) is 6.56. The Balaban J connectivity index is 2.13. The van der Waals surface area contributed by atoms with E-state index in [9.17, 15) is 18.0 Å². The Labute approximate surface area is 110 Å². The van der Waals surface area contributed by atoms with Crippen molar-refractivity contribution in [2.75, 3.05) is 19.6 Å². The molecule has 1 saturated heterocycles. The minimum absolute atomic E-state index is 0.226. The molecular weight excluding hydrogens is 257 g/mol. The van der Waals surface area contributed by atoms with Crippen LogP contribution in [0.5, 0.6) is 0 Å². The average Bonchev–Trinajstić information content (AvgIpc) is 3.03. The summed E-state index contributed by atoms with van der Waals surface area (Å²) in [5, 5.41) is 3.00. The fourth-order valence-electron chi connectivity index (χ4n) is 2.31. The minimum Gasteiger partial charge on any atom is -0.327 e. The highest BCUT2D eigenvalue weighted by atomic mass is 19.4. The van der Waals surface area contributed by atoms with Crippen molar-refractivity contribution in [3.05, 3.63) is 11.1 Å². The van der Waals surface area contributed by atoms with Crippen LogP contribution in [0, 0.1) is 5.92 Å². The molecule has 2 aliphatic rings. The third-order valence-electron chi connectivity index (χ3n) is 3.93.